The molecular weight excluding hydrogens is 402 g/mol. The number of benzene rings is 1. The quantitative estimate of drug-likeness (QED) is 0.740. The molecule has 1 fully saturated rings. The van der Waals surface area contributed by atoms with Crippen molar-refractivity contribution in [1.82, 2.24) is 9.29 Å². The monoisotopic (exact) mass is 423 g/mol. The number of rotatable bonds is 5. The smallest absolute Gasteiger partial charge is 0.350 e. The number of methoxy groups -OCH3 is 1. The average molecular weight is 424 g/mol. The molecule has 2 aromatic rings. The SMILES string of the molecule is COC(=O)c1sc(NC(=O)C2CCCN2S(=O)(=O)c2ccc(C)cc2)nc1C. The van der Waals surface area contributed by atoms with Crippen LogP contribution in [0, 0.1) is 13.8 Å². The van der Waals surface area contributed by atoms with Gasteiger partial charge in [0.1, 0.15) is 10.9 Å². The van der Waals surface area contributed by atoms with E-state index in [1.807, 2.05) is 6.92 Å². The lowest BCUT2D eigenvalue weighted by Gasteiger charge is -2.23. The Morgan fingerprint density at radius 2 is 1.93 bits per heavy atom. The summed E-state index contributed by atoms with van der Waals surface area (Å²) in [5.74, 6) is -0.988. The Morgan fingerprint density at radius 3 is 2.57 bits per heavy atom. The van der Waals surface area contributed by atoms with Gasteiger partial charge in [0.15, 0.2) is 5.13 Å². The highest BCUT2D eigenvalue weighted by molar-refractivity contribution is 7.89. The number of aryl methyl sites for hydroxylation is 2. The van der Waals surface area contributed by atoms with E-state index in [4.69, 9.17) is 0 Å². The molecule has 0 bridgehead atoms. The van der Waals surface area contributed by atoms with Crippen LogP contribution in [0.5, 0.6) is 0 Å². The van der Waals surface area contributed by atoms with Crippen molar-refractivity contribution < 1.29 is 22.7 Å². The number of carbonyl (C=O) groups excluding carboxylic acids is 2. The van der Waals surface area contributed by atoms with Gasteiger partial charge in [0.05, 0.1) is 17.7 Å². The fourth-order valence-corrected chi connectivity index (χ4v) is 5.60. The van der Waals surface area contributed by atoms with Gasteiger partial charge in [-0.15, -0.1) is 0 Å². The van der Waals surface area contributed by atoms with Gasteiger partial charge in [-0.25, -0.2) is 18.2 Å². The number of nitrogens with one attached hydrogen (secondary N) is 1. The summed E-state index contributed by atoms with van der Waals surface area (Å²) in [6.45, 7) is 3.79. The first-order valence-electron chi connectivity index (χ1n) is 8.69. The largest absolute Gasteiger partial charge is 0.465 e. The Hall–Kier alpha value is -2.30. The van der Waals surface area contributed by atoms with Crippen LogP contribution in [-0.4, -0.2) is 49.3 Å². The Morgan fingerprint density at radius 1 is 1.25 bits per heavy atom. The molecule has 1 aromatic heterocycles. The minimum atomic E-state index is -3.78. The summed E-state index contributed by atoms with van der Waals surface area (Å²) in [5.41, 5.74) is 1.40. The summed E-state index contributed by atoms with van der Waals surface area (Å²) < 4.78 is 31.9. The summed E-state index contributed by atoms with van der Waals surface area (Å²) in [7, 11) is -2.51. The summed E-state index contributed by atoms with van der Waals surface area (Å²) in [6, 6.07) is 5.72. The molecule has 3 rings (SSSR count). The molecule has 1 N–H and O–H groups in total. The van der Waals surface area contributed by atoms with Crippen molar-refractivity contribution in [3.63, 3.8) is 0 Å². The van der Waals surface area contributed by atoms with Gasteiger partial charge >= 0.3 is 5.97 Å². The molecule has 0 saturated carbocycles. The molecule has 1 atom stereocenters. The van der Waals surface area contributed by atoms with Gasteiger partial charge in [-0.3, -0.25) is 4.79 Å². The third-order valence-corrected chi connectivity index (χ3v) is 7.51. The highest BCUT2D eigenvalue weighted by Crippen LogP contribution is 2.29. The molecular formula is C18H21N3O5S2. The lowest BCUT2D eigenvalue weighted by Crippen LogP contribution is -2.43. The second-order valence-electron chi connectivity index (χ2n) is 6.50. The molecule has 1 aliphatic rings. The minimum Gasteiger partial charge on any atom is -0.465 e. The van der Waals surface area contributed by atoms with Crippen molar-refractivity contribution in [2.24, 2.45) is 0 Å². The number of carbonyl (C=O) groups is 2. The number of hydrogen-bond donors (Lipinski definition) is 1. The number of amides is 1. The van der Waals surface area contributed by atoms with Gasteiger partial charge in [0, 0.05) is 6.54 Å². The van der Waals surface area contributed by atoms with Crippen LogP contribution < -0.4 is 5.32 Å². The number of nitrogens with zero attached hydrogens (tertiary/aromatic N) is 2. The van der Waals surface area contributed by atoms with E-state index in [1.54, 1.807) is 31.2 Å². The van der Waals surface area contributed by atoms with E-state index in [2.05, 4.69) is 15.0 Å². The molecule has 150 valence electrons. The molecule has 1 saturated heterocycles. The first-order valence-corrected chi connectivity index (χ1v) is 10.9. The maximum absolute atomic E-state index is 13.0. The summed E-state index contributed by atoms with van der Waals surface area (Å²) in [4.78, 5) is 29.1. The van der Waals surface area contributed by atoms with Crippen LogP contribution in [0.25, 0.3) is 0 Å². The van der Waals surface area contributed by atoms with Gasteiger partial charge in [0.2, 0.25) is 15.9 Å². The van der Waals surface area contributed by atoms with Crippen LogP contribution >= 0.6 is 11.3 Å². The van der Waals surface area contributed by atoms with E-state index in [0.717, 1.165) is 16.9 Å². The molecule has 1 aliphatic heterocycles. The molecule has 1 amide bonds. The summed E-state index contributed by atoms with van der Waals surface area (Å²) in [6.07, 6.45) is 1.01. The first-order chi connectivity index (χ1) is 13.2. The second kappa shape index (κ2) is 7.98. The number of aromatic nitrogens is 1. The van der Waals surface area contributed by atoms with E-state index in [0.29, 0.717) is 23.4 Å². The third kappa shape index (κ3) is 3.94. The summed E-state index contributed by atoms with van der Waals surface area (Å²) >= 11 is 1.00. The number of ether oxygens (including phenoxy) is 1. The van der Waals surface area contributed by atoms with E-state index in [9.17, 15) is 18.0 Å². The second-order valence-corrected chi connectivity index (χ2v) is 9.39. The Labute approximate surface area is 167 Å². The Kier molecular flexibility index (Phi) is 5.82. The first kappa shape index (κ1) is 20.4. The predicted molar refractivity (Wildman–Crippen MR) is 105 cm³/mol. The number of anilines is 1. The van der Waals surface area contributed by atoms with E-state index < -0.39 is 27.9 Å². The van der Waals surface area contributed by atoms with E-state index >= 15 is 0 Å². The lowest BCUT2D eigenvalue weighted by atomic mass is 10.2. The van der Waals surface area contributed by atoms with Gasteiger partial charge in [0.25, 0.3) is 0 Å². The van der Waals surface area contributed by atoms with E-state index in [-0.39, 0.29) is 16.6 Å². The molecule has 1 aromatic carbocycles. The van der Waals surface area contributed by atoms with Gasteiger partial charge < -0.3 is 10.1 Å². The Bertz CT molecular complexity index is 999. The van der Waals surface area contributed by atoms with Crippen molar-refractivity contribution >= 4 is 38.4 Å². The normalized spacial score (nSPS) is 17.5. The number of hydrogen-bond acceptors (Lipinski definition) is 7. The zero-order chi connectivity index (χ0) is 20.5. The van der Waals surface area contributed by atoms with Crippen molar-refractivity contribution in [3.05, 3.63) is 40.4 Å². The minimum absolute atomic E-state index is 0.163. The maximum atomic E-state index is 13.0. The van der Waals surface area contributed by atoms with Crippen LogP contribution in [0.15, 0.2) is 29.2 Å². The maximum Gasteiger partial charge on any atom is 0.350 e. The predicted octanol–water partition coefficient (Wildman–Crippen LogP) is 2.34. The highest BCUT2D eigenvalue weighted by atomic mass is 32.2. The van der Waals surface area contributed by atoms with Crippen LogP contribution in [0.1, 0.15) is 33.8 Å². The zero-order valence-corrected chi connectivity index (χ0v) is 17.4. The Balaban J connectivity index is 1.80. The van der Waals surface area contributed by atoms with Crippen molar-refractivity contribution in [1.29, 1.82) is 0 Å². The molecule has 10 heteroatoms. The third-order valence-electron chi connectivity index (χ3n) is 4.53. The van der Waals surface area contributed by atoms with Crippen LogP contribution in [-0.2, 0) is 19.6 Å². The van der Waals surface area contributed by atoms with Gasteiger partial charge in [-0.2, -0.15) is 4.31 Å². The fourth-order valence-electron chi connectivity index (χ4n) is 3.06. The molecule has 2 heterocycles. The van der Waals surface area contributed by atoms with Crippen LogP contribution in [0.3, 0.4) is 0 Å². The van der Waals surface area contributed by atoms with Gasteiger partial charge in [-0.05, 0) is 38.8 Å². The molecule has 0 spiro atoms. The number of esters is 1. The summed E-state index contributed by atoms with van der Waals surface area (Å²) in [5, 5.41) is 2.88. The lowest BCUT2D eigenvalue weighted by molar-refractivity contribution is -0.119. The number of thiazole rings is 1. The standard InChI is InChI=1S/C18H21N3O5S2/c1-11-6-8-13(9-7-11)28(24,25)21-10-4-5-14(21)16(22)20-18-19-12(2)15(27-18)17(23)26-3/h6-9,14H,4-5,10H2,1-3H3,(H,19,20,22). The van der Waals surface area contributed by atoms with Crippen LogP contribution in [0.4, 0.5) is 5.13 Å². The van der Waals surface area contributed by atoms with E-state index in [1.165, 1.54) is 11.4 Å². The fraction of sp³-hybridized carbons (Fsp3) is 0.389. The number of sulfonamides is 1. The van der Waals surface area contributed by atoms with Crippen molar-refractivity contribution in [2.75, 3.05) is 19.0 Å². The van der Waals surface area contributed by atoms with Crippen LogP contribution in [0.2, 0.25) is 0 Å². The topological polar surface area (TPSA) is 106 Å². The molecule has 28 heavy (non-hydrogen) atoms. The zero-order valence-electron chi connectivity index (χ0n) is 15.8. The molecule has 1 unspecified atom stereocenters. The van der Waals surface area contributed by atoms with Crippen molar-refractivity contribution in [3.8, 4) is 0 Å². The molecule has 0 radical (unpaired) electrons. The van der Waals surface area contributed by atoms with Gasteiger partial charge in [-0.1, -0.05) is 29.0 Å². The van der Waals surface area contributed by atoms with Crippen molar-refractivity contribution in [2.45, 2.75) is 37.6 Å². The highest BCUT2D eigenvalue weighted by Gasteiger charge is 2.39. The molecule has 0 aliphatic carbocycles. The average Bonchev–Trinajstić information content (AvgIpc) is 3.28. The molecule has 8 nitrogen and oxygen atoms in total.